The molecule has 1 amide bonds. The van der Waals surface area contributed by atoms with Crippen molar-refractivity contribution in [3.05, 3.63) is 64.8 Å². The van der Waals surface area contributed by atoms with Crippen LogP contribution in [0.1, 0.15) is 12.8 Å². The van der Waals surface area contributed by atoms with Crippen LogP contribution < -0.4 is 15.3 Å². The Labute approximate surface area is 192 Å². The average molecular weight is 467 g/mol. The quantitative estimate of drug-likeness (QED) is 0.633. The fourth-order valence-corrected chi connectivity index (χ4v) is 5.11. The fraction of sp³-hybridized carbons (Fsp3) is 0.250. The molecular weight excluding hydrogens is 440 g/mol. The molecule has 1 aromatic carbocycles. The van der Waals surface area contributed by atoms with E-state index in [1.165, 1.54) is 6.21 Å². The zero-order chi connectivity index (χ0) is 23.9. The van der Waals surface area contributed by atoms with E-state index >= 15 is 0 Å². The number of ether oxygens (including phenoxy) is 1. The Balaban J connectivity index is 2.07. The normalized spacial score (nSPS) is 16.2. The summed E-state index contributed by atoms with van der Waals surface area (Å²) in [4.78, 5) is 15.5. The van der Waals surface area contributed by atoms with Crippen molar-refractivity contribution >= 4 is 50.1 Å². The summed E-state index contributed by atoms with van der Waals surface area (Å²) in [6.45, 7) is 4.31. The molecule has 2 heterocycles. The Morgan fingerprint density at radius 1 is 1.33 bits per heavy atom. The third-order valence-corrected chi connectivity index (χ3v) is 6.55. The Morgan fingerprint density at radius 2 is 2.09 bits per heavy atom. The summed E-state index contributed by atoms with van der Waals surface area (Å²) in [5, 5.41) is 9.86. The number of rotatable bonds is 6. The molecule has 2 aliphatic rings. The van der Waals surface area contributed by atoms with E-state index < -0.39 is 10.0 Å². The highest BCUT2D eigenvalue weighted by atomic mass is 32.2. The minimum Gasteiger partial charge on any atom is -0.495 e. The molecule has 1 aliphatic heterocycles. The number of sulfonamides is 1. The Kier molecular flexibility index (Phi) is 5.75. The van der Waals surface area contributed by atoms with Gasteiger partial charge in [-0.05, 0) is 48.8 Å². The van der Waals surface area contributed by atoms with Gasteiger partial charge >= 0.3 is 0 Å². The number of amides is 1. The van der Waals surface area contributed by atoms with E-state index in [0.717, 1.165) is 28.1 Å². The van der Waals surface area contributed by atoms with Crippen LogP contribution in [0.4, 0.5) is 5.69 Å². The van der Waals surface area contributed by atoms with Gasteiger partial charge in [-0.1, -0.05) is 12.7 Å². The largest absolute Gasteiger partial charge is 0.495 e. The number of allylic oxidation sites excluding steroid dienone is 2. The van der Waals surface area contributed by atoms with E-state index in [4.69, 9.17) is 10.1 Å². The van der Waals surface area contributed by atoms with E-state index in [1.807, 2.05) is 29.8 Å². The molecule has 1 aliphatic carbocycles. The van der Waals surface area contributed by atoms with Gasteiger partial charge in [0.1, 0.15) is 5.76 Å². The van der Waals surface area contributed by atoms with Gasteiger partial charge in [0.05, 0.1) is 18.7 Å². The molecule has 8 nitrogen and oxygen atoms in total. The van der Waals surface area contributed by atoms with Gasteiger partial charge in [-0.25, -0.2) is 8.42 Å². The second-order valence-corrected chi connectivity index (χ2v) is 9.76. The summed E-state index contributed by atoms with van der Waals surface area (Å²) in [6.07, 6.45) is 8.70. The van der Waals surface area contributed by atoms with Gasteiger partial charge in [0.15, 0.2) is 0 Å². The Hall–Kier alpha value is -3.59. The van der Waals surface area contributed by atoms with Gasteiger partial charge in [0.2, 0.25) is 10.0 Å². The van der Waals surface area contributed by atoms with Crippen LogP contribution in [-0.2, 0) is 26.6 Å². The van der Waals surface area contributed by atoms with Gasteiger partial charge in [0, 0.05) is 52.9 Å². The number of carbonyl (C=O) groups excluding carboxylic acids is 1. The third kappa shape index (κ3) is 3.89. The maximum Gasteiger partial charge on any atom is 0.255 e. The number of methoxy groups -OCH3 is 1. The molecular formula is C24H26N4O4S. The summed E-state index contributed by atoms with van der Waals surface area (Å²) in [5.41, 5.74) is 3.24. The smallest absolute Gasteiger partial charge is 0.255 e. The molecule has 4 rings (SSSR count). The molecule has 0 saturated heterocycles. The highest BCUT2D eigenvalue weighted by Gasteiger charge is 2.29. The highest BCUT2D eigenvalue weighted by Crippen LogP contribution is 2.26. The number of nitrogens with one attached hydrogen (secondary N) is 2. The van der Waals surface area contributed by atoms with Crippen molar-refractivity contribution in [3.63, 3.8) is 0 Å². The molecule has 2 N–H and O–H groups in total. The molecule has 33 heavy (non-hydrogen) atoms. The van der Waals surface area contributed by atoms with Gasteiger partial charge in [-0.15, -0.1) is 0 Å². The predicted molar refractivity (Wildman–Crippen MR) is 131 cm³/mol. The summed E-state index contributed by atoms with van der Waals surface area (Å²) >= 11 is 0. The van der Waals surface area contributed by atoms with Crippen LogP contribution in [0.15, 0.2) is 54.3 Å². The van der Waals surface area contributed by atoms with Crippen molar-refractivity contribution in [3.8, 4) is 0 Å². The first-order chi connectivity index (χ1) is 15.7. The second kappa shape index (κ2) is 8.40. The standard InChI is InChI=1S/C24H26N4O4S/c1-5-19-15(14-25)11-12-28(19)24(29)17-7-6-8-21(32-3)23-22(17)18-13-16(26-33(4,30)31)9-10-20(18)27(23)2/h5-6,8-10,13-14,25-26H,1,7,11-12H2,2-4H3. The summed E-state index contributed by atoms with van der Waals surface area (Å²) in [7, 11) is 0.0103. The van der Waals surface area contributed by atoms with E-state index in [2.05, 4.69) is 11.3 Å². The molecule has 0 atom stereocenters. The average Bonchev–Trinajstić information content (AvgIpc) is 3.23. The number of hydrogen-bond acceptors (Lipinski definition) is 5. The van der Waals surface area contributed by atoms with E-state index in [9.17, 15) is 13.2 Å². The number of nitrogens with zero attached hydrogens (tertiary/aromatic N) is 2. The molecule has 9 heteroatoms. The van der Waals surface area contributed by atoms with Crippen molar-refractivity contribution in [1.82, 2.24) is 9.47 Å². The molecule has 0 bridgehead atoms. The Bertz CT molecular complexity index is 1490. The van der Waals surface area contributed by atoms with E-state index in [1.54, 1.807) is 30.2 Å². The number of aromatic nitrogens is 1. The number of carbonyl (C=O) groups is 1. The number of aryl methyl sites for hydroxylation is 1. The summed E-state index contributed by atoms with van der Waals surface area (Å²) in [6, 6.07) is 5.27. The van der Waals surface area contributed by atoms with Crippen LogP contribution in [0.3, 0.4) is 0 Å². The topological polar surface area (TPSA) is 104 Å². The molecule has 172 valence electrons. The lowest BCUT2D eigenvalue weighted by atomic mass is 10.1. The molecule has 0 saturated carbocycles. The maximum atomic E-state index is 13.8. The van der Waals surface area contributed by atoms with Crippen molar-refractivity contribution in [2.75, 3.05) is 24.6 Å². The van der Waals surface area contributed by atoms with Crippen LogP contribution in [0.25, 0.3) is 22.2 Å². The van der Waals surface area contributed by atoms with Crippen LogP contribution in [0.5, 0.6) is 0 Å². The van der Waals surface area contributed by atoms with Crippen LogP contribution >= 0.6 is 0 Å². The van der Waals surface area contributed by atoms with Gasteiger partial charge < -0.3 is 19.6 Å². The molecule has 0 fully saturated rings. The molecule has 0 spiro atoms. The number of fused-ring (bicyclic) bond motifs is 3. The van der Waals surface area contributed by atoms with Crippen molar-refractivity contribution in [2.24, 2.45) is 7.05 Å². The SMILES string of the molecule is C=CC1=C(C=N)CCN1C(=O)C1=c2c(n(C)c3ccc(NS(C)(=O)=O)cc23)=C(OC)C=CC1. The molecule has 0 radical (unpaired) electrons. The summed E-state index contributed by atoms with van der Waals surface area (Å²) < 4.78 is 33.7. The maximum absolute atomic E-state index is 13.8. The third-order valence-electron chi connectivity index (χ3n) is 5.94. The van der Waals surface area contributed by atoms with E-state index in [0.29, 0.717) is 47.3 Å². The lowest BCUT2D eigenvalue weighted by molar-refractivity contribution is -0.122. The fourth-order valence-electron chi connectivity index (χ4n) is 4.56. The predicted octanol–water partition coefficient (Wildman–Crippen LogP) is 1.74. The van der Waals surface area contributed by atoms with Gasteiger partial charge in [0.25, 0.3) is 5.91 Å². The lowest BCUT2D eigenvalue weighted by Crippen LogP contribution is -2.37. The van der Waals surface area contributed by atoms with Crippen molar-refractivity contribution in [1.29, 1.82) is 5.41 Å². The second-order valence-electron chi connectivity index (χ2n) is 8.01. The zero-order valence-corrected chi connectivity index (χ0v) is 19.6. The highest BCUT2D eigenvalue weighted by molar-refractivity contribution is 7.92. The number of benzene rings is 1. The monoisotopic (exact) mass is 466 g/mol. The number of anilines is 1. The zero-order valence-electron chi connectivity index (χ0n) is 18.8. The first kappa shape index (κ1) is 22.6. The van der Waals surface area contributed by atoms with Crippen LogP contribution in [-0.4, -0.2) is 49.9 Å². The van der Waals surface area contributed by atoms with Crippen LogP contribution in [0.2, 0.25) is 0 Å². The first-order valence-electron chi connectivity index (χ1n) is 10.4. The molecule has 0 unspecified atom stereocenters. The molecule has 1 aromatic heterocycles. The summed E-state index contributed by atoms with van der Waals surface area (Å²) in [5.74, 6) is 0.448. The van der Waals surface area contributed by atoms with Gasteiger partial charge in [-0.2, -0.15) is 0 Å². The van der Waals surface area contributed by atoms with E-state index in [-0.39, 0.29) is 5.91 Å². The minimum atomic E-state index is -3.47. The first-order valence-corrected chi connectivity index (χ1v) is 12.3. The number of hydrogen-bond donors (Lipinski definition) is 2. The van der Waals surface area contributed by atoms with Crippen molar-refractivity contribution < 1.29 is 17.9 Å². The Morgan fingerprint density at radius 3 is 2.73 bits per heavy atom. The van der Waals surface area contributed by atoms with Crippen molar-refractivity contribution in [2.45, 2.75) is 12.8 Å². The molecule has 2 aromatic rings. The lowest BCUT2D eigenvalue weighted by Gasteiger charge is -2.19. The van der Waals surface area contributed by atoms with Crippen LogP contribution in [0, 0.1) is 5.41 Å². The van der Waals surface area contributed by atoms with Gasteiger partial charge in [-0.3, -0.25) is 9.52 Å². The minimum absolute atomic E-state index is 0.168.